The van der Waals surface area contributed by atoms with Crippen LogP contribution in [0.4, 0.5) is 8.78 Å². The largest absolute Gasteiger partial charge is 0.353 e. The predicted octanol–water partition coefficient (Wildman–Crippen LogP) is 3.35. The van der Waals surface area contributed by atoms with Gasteiger partial charge in [-0.3, -0.25) is 4.99 Å². The maximum atomic E-state index is 13.9. The Balaban J connectivity index is 0.00000300. The van der Waals surface area contributed by atoms with Gasteiger partial charge in [-0.05, 0) is 41.3 Å². The average Bonchev–Trinajstić information content (AvgIpc) is 3.38. The van der Waals surface area contributed by atoms with Crippen LogP contribution in [0.3, 0.4) is 0 Å². The van der Waals surface area contributed by atoms with Crippen molar-refractivity contribution < 1.29 is 17.2 Å². The number of halogens is 3. The molecule has 2 aromatic carbocycles. The highest BCUT2D eigenvalue weighted by molar-refractivity contribution is 14.0. The van der Waals surface area contributed by atoms with Gasteiger partial charge in [-0.15, -0.1) is 24.0 Å². The SMILES string of the molecule is CN=C(NCc1cc(F)ccc1CS(C)(=O)=O)NC1CC1c1ccccc1F.I. The Morgan fingerprint density at radius 3 is 2.55 bits per heavy atom. The van der Waals surface area contributed by atoms with Crippen LogP contribution < -0.4 is 10.6 Å². The second-order valence-electron chi connectivity index (χ2n) is 7.02. The summed E-state index contributed by atoms with van der Waals surface area (Å²) in [7, 11) is -1.63. The van der Waals surface area contributed by atoms with Gasteiger partial charge in [0.25, 0.3) is 0 Å². The topological polar surface area (TPSA) is 70.6 Å². The number of guanidine groups is 1. The summed E-state index contributed by atoms with van der Waals surface area (Å²) in [6, 6.07) is 10.8. The van der Waals surface area contributed by atoms with Gasteiger partial charge in [0.15, 0.2) is 15.8 Å². The molecule has 1 aliphatic carbocycles. The first kappa shape index (κ1) is 23.5. The lowest BCUT2D eigenvalue weighted by atomic mass is 10.1. The summed E-state index contributed by atoms with van der Waals surface area (Å²) in [5.41, 5.74) is 1.77. The van der Waals surface area contributed by atoms with E-state index < -0.39 is 15.7 Å². The predicted molar refractivity (Wildman–Crippen MR) is 121 cm³/mol. The molecule has 0 amide bonds. The molecule has 0 bridgehead atoms. The number of hydrogen-bond donors (Lipinski definition) is 2. The zero-order valence-electron chi connectivity index (χ0n) is 16.2. The Morgan fingerprint density at radius 2 is 1.90 bits per heavy atom. The summed E-state index contributed by atoms with van der Waals surface area (Å²) >= 11 is 0. The number of hydrogen-bond acceptors (Lipinski definition) is 3. The first-order valence-electron chi connectivity index (χ1n) is 8.93. The van der Waals surface area contributed by atoms with Gasteiger partial charge in [0.05, 0.1) is 5.75 Å². The minimum Gasteiger partial charge on any atom is -0.353 e. The summed E-state index contributed by atoms with van der Waals surface area (Å²) in [6.07, 6.45) is 1.94. The van der Waals surface area contributed by atoms with E-state index in [1.807, 2.05) is 6.07 Å². The Hall–Kier alpha value is -1.75. The number of benzene rings is 2. The van der Waals surface area contributed by atoms with Crippen LogP contribution in [0.1, 0.15) is 29.0 Å². The van der Waals surface area contributed by atoms with Crippen LogP contribution in [0.15, 0.2) is 47.5 Å². The van der Waals surface area contributed by atoms with Crippen LogP contribution in [0.25, 0.3) is 0 Å². The fraction of sp³-hybridized carbons (Fsp3) is 0.350. The zero-order chi connectivity index (χ0) is 20.3. The van der Waals surface area contributed by atoms with Crippen LogP contribution in [0.2, 0.25) is 0 Å². The van der Waals surface area contributed by atoms with Gasteiger partial charge in [-0.2, -0.15) is 0 Å². The molecule has 0 aromatic heterocycles. The Labute approximate surface area is 186 Å². The van der Waals surface area contributed by atoms with E-state index in [1.54, 1.807) is 19.2 Å². The summed E-state index contributed by atoms with van der Waals surface area (Å²) in [5.74, 6) is -0.231. The van der Waals surface area contributed by atoms with Crippen molar-refractivity contribution in [2.75, 3.05) is 13.3 Å². The molecule has 9 heteroatoms. The van der Waals surface area contributed by atoms with Crippen LogP contribution in [0.5, 0.6) is 0 Å². The summed E-state index contributed by atoms with van der Waals surface area (Å²) in [5, 5.41) is 6.31. The molecule has 2 atom stereocenters. The van der Waals surface area contributed by atoms with Crippen molar-refractivity contribution >= 4 is 39.8 Å². The van der Waals surface area contributed by atoms with Crippen molar-refractivity contribution in [2.45, 2.75) is 30.7 Å². The third kappa shape index (κ3) is 6.63. The van der Waals surface area contributed by atoms with Crippen molar-refractivity contribution in [3.05, 3.63) is 70.8 Å². The van der Waals surface area contributed by atoms with Crippen LogP contribution in [-0.4, -0.2) is 33.7 Å². The maximum Gasteiger partial charge on any atom is 0.191 e. The highest BCUT2D eigenvalue weighted by Gasteiger charge is 2.40. The van der Waals surface area contributed by atoms with E-state index in [0.717, 1.165) is 12.7 Å². The van der Waals surface area contributed by atoms with Gasteiger partial charge in [0.2, 0.25) is 0 Å². The van der Waals surface area contributed by atoms with Crippen molar-refractivity contribution in [3.8, 4) is 0 Å². The lowest BCUT2D eigenvalue weighted by molar-refractivity contribution is 0.599. The van der Waals surface area contributed by atoms with Crippen molar-refractivity contribution in [2.24, 2.45) is 4.99 Å². The molecule has 1 saturated carbocycles. The molecule has 0 radical (unpaired) electrons. The summed E-state index contributed by atoms with van der Waals surface area (Å²) < 4.78 is 50.7. The Bertz CT molecular complexity index is 999. The summed E-state index contributed by atoms with van der Waals surface area (Å²) in [4.78, 5) is 4.15. The average molecular weight is 535 g/mol. The van der Waals surface area contributed by atoms with Gasteiger partial charge in [-0.1, -0.05) is 24.3 Å². The highest BCUT2D eigenvalue weighted by atomic mass is 127. The highest BCUT2D eigenvalue weighted by Crippen LogP contribution is 2.41. The van der Waals surface area contributed by atoms with Gasteiger partial charge < -0.3 is 10.6 Å². The third-order valence-electron chi connectivity index (χ3n) is 4.67. The molecule has 1 fully saturated rings. The molecule has 0 saturated heterocycles. The number of sulfone groups is 1. The van der Waals surface area contributed by atoms with Crippen molar-refractivity contribution in [1.82, 2.24) is 10.6 Å². The molecule has 0 heterocycles. The molecule has 0 aliphatic heterocycles. The monoisotopic (exact) mass is 535 g/mol. The number of aliphatic imine (C=N–C) groups is 1. The van der Waals surface area contributed by atoms with Crippen molar-refractivity contribution in [1.29, 1.82) is 0 Å². The smallest absolute Gasteiger partial charge is 0.191 e. The lowest BCUT2D eigenvalue weighted by Gasteiger charge is -2.14. The third-order valence-corrected chi connectivity index (χ3v) is 5.51. The Kier molecular flexibility index (Phi) is 7.98. The molecule has 158 valence electrons. The Morgan fingerprint density at radius 1 is 1.17 bits per heavy atom. The van der Waals surface area contributed by atoms with E-state index in [-0.39, 0.29) is 54.1 Å². The molecular formula is C20H24F2IN3O2S. The van der Waals surface area contributed by atoms with Gasteiger partial charge in [-0.25, -0.2) is 17.2 Å². The van der Waals surface area contributed by atoms with Crippen LogP contribution in [0, 0.1) is 11.6 Å². The molecule has 29 heavy (non-hydrogen) atoms. The van der Waals surface area contributed by atoms with E-state index in [9.17, 15) is 17.2 Å². The van der Waals surface area contributed by atoms with E-state index in [0.29, 0.717) is 22.6 Å². The molecule has 3 rings (SSSR count). The van der Waals surface area contributed by atoms with E-state index >= 15 is 0 Å². The number of rotatable bonds is 6. The number of nitrogens with zero attached hydrogens (tertiary/aromatic N) is 1. The molecule has 0 spiro atoms. The number of nitrogens with one attached hydrogen (secondary N) is 2. The minimum atomic E-state index is -3.24. The second kappa shape index (κ2) is 9.84. The second-order valence-corrected chi connectivity index (χ2v) is 9.16. The molecule has 1 aliphatic rings. The molecular weight excluding hydrogens is 511 g/mol. The standard InChI is InChI=1S/C20H23F2N3O2S.HI/c1-23-20(25-19-10-17(19)16-5-3-4-6-18(16)22)24-11-14-9-15(21)8-7-13(14)12-28(2,26)27;/h3-9,17,19H,10-12H2,1-2H3,(H2,23,24,25);1H. The maximum absolute atomic E-state index is 13.9. The lowest BCUT2D eigenvalue weighted by Crippen LogP contribution is -2.38. The fourth-order valence-electron chi connectivity index (χ4n) is 3.21. The van der Waals surface area contributed by atoms with E-state index in [4.69, 9.17) is 0 Å². The van der Waals surface area contributed by atoms with Gasteiger partial charge >= 0.3 is 0 Å². The minimum absolute atomic E-state index is 0. The molecule has 2 aromatic rings. The zero-order valence-corrected chi connectivity index (χ0v) is 19.3. The summed E-state index contributed by atoms with van der Waals surface area (Å²) in [6.45, 7) is 0.222. The molecule has 2 N–H and O–H groups in total. The van der Waals surface area contributed by atoms with Gasteiger partial charge in [0.1, 0.15) is 11.6 Å². The first-order chi connectivity index (χ1) is 13.3. The normalized spacial score (nSPS) is 18.7. The van der Waals surface area contributed by atoms with Gasteiger partial charge in [0, 0.05) is 31.8 Å². The van der Waals surface area contributed by atoms with E-state index in [1.165, 1.54) is 24.3 Å². The fourth-order valence-corrected chi connectivity index (χ4v) is 4.05. The quantitative estimate of drug-likeness (QED) is 0.338. The molecule has 2 unspecified atom stereocenters. The molecule has 5 nitrogen and oxygen atoms in total. The van der Waals surface area contributed by atoms with Crippen LogP contribution in [-0.2, 0) is 22.1 Å². The van der Waals surface area contributed by atoms with Crippen molar-refractivity contribution in [3.63, 3.8) is 0 Å². The van der Waals surface area contributed by atoms with E-state index in [2.05, 4.69) is 15.6 Å². The van der Waals surface area contributed by atoms with Crippen LogP contribution >= 0.6 is 24.0 Å². The first-order valence-corrected chi connectivity index (χ1v) is 11.0.